The fourth-order valence-corrected chi connectivity index (χ4v) is 3.14. The number of methoxy groups -OCH3 is 1. The summed E-state index contributed by atoms with van der Waals surface area (Å²) in [5.41, 5.74) is 7.78. The maximum absolute atomic E-state index is 12.3. The van der Waals surface area contributed by atoms with Crippen molar-refractivity contribution in [2.75, 3.05) is 25.2 Å². The average molecular weight is 326 g/mol. The van der Waals surface area contributed by atoms with E-state index in [1.807, 2.05) is 42.5 Å². The van der Waals surface area contributed by atoms with Gasteiger partial charge in [0.15, 0.2) is 11.5 Å². The van der Waals surface area contributed by atoms with Crippen molar-refractivity contribution in [2.45, 2.75) is 12.1 Å². The van der Waals surface area contributed by atoms with Crippen molar-refractivity contribution in [3.8, 4) is 17.2 Å². The molecule has 0 bridgehead atoms. The molecule has 0 saturated carbocycles. The first-order chi connectivity index (χ1) is 11.7. The third kappa shape index (κ3) is 2.27. The smallest absolute Gasteiger partial charge is 0.247 e. The van der Waals surface area contributed by atoms with Gasteiger partial charge in [-0.1, -0.05) is 12.1 Å². The van der Waals surface area contributed by atoms with Crippen molar-refractivity contribution < 1.29 is 19.0 Å². The number of hydrogen-bond donors (Lipinski definition) is 1. The maximum atomic E-state index is 12.3. The molecule has 4 rings (SSSR count). The van der Waals surface area contributed by atoms with Gasteiger partial charge in [0, 0.05) is 11.8 Å². The second kappa shape index (κ2) is 5.72. The predicted octanol–water partition coefficient (Wildman–Crippen LogP) is 1.88. The standard InChI is InChI=1S/C18H18N2O4/c1-22-13-5-2-11(3-6-13)17-16(19)18(21)20(17)12-4-7-14-15(10-12)24-9-8-23-14/h2-7,10,16-17H,8-9,19H2,1H3/t16-,17+/m0/s1. The molecular formula is C18H18N2O4. The summed E-state index contributed by atoms with van der Waals surface area (Å²) in [6.45, 7) is 1.04. The van der Waals surface area contributed by atoms with E-state index in [9.17, 15) is 4.79 Å². The Morgan fingerprint density at radius 3 is 2.50 bits per heavy atom. The van der Waals surface area contributed by atoms with Crippen LogP contribution in [-0.2, 0) is 4.79 Å². The molecule has 124 valence electrons. The number of anilines is 1. The second-order valence-electron chi connectivity index (χ2n) is 5.78. The first-order valence-corrected chi connectivity index (χ1v) is 7.81. The van der Waals surface area contributed by atoms with E-state index in [0.717, 1.165) is 17.0 Å². The third-order valence-electron chi connectivity index (χ3n) is 4.40. The highest BCUT2D eigenvalue weighted by molar-refractivity contribution is 6.05. The molecule has 2 N–H and O–H groups in total. The van der Waals surface area contributed by atoms with Crippen LogP contribution in [-0.4, -0.2) is 32.3 Å². The number of nitrogens with two attached hydrogens (primary N) is 1. The Labute approximate surface area is 139 Å². The summed E-state index contributed by atoms with van der Waals surface area (Å²) in [6, 6.07) is 12.4. The number of hydrogen-bond acceptors (Lipinski definition) is 5. The highest BCUT2D eigenvalue weighted by atomic mass is 16.6. The van der Waals surface area contributed by atoms with Crippen LogP contribution in [0.15, 0.2) is 42.5 Å². The molecule has 0 spiro atoms. The number of carbonyl (C=O) groups excluding carboxylic acids is 1. The highest BCUT2D eigenvalue weighted by Crippen LogP contribution is 2.42. The van der Waals surface area contributed by atoms with Crippen LogP contribution < -0.4 is 24.8 Å². The van der Waals surface area contributed by atoms with Crippen LogP contribution >= 0.6 is 0 Å². The van der Waals surface area contributed by atoms with Gasteiger partial charge in [0.1, 0.15) is 25.0 Å². The number of benzene rings is 2. The summed E-state index contributed by atoms with van der Waals surface area (Å²) in [5.74, 6) is 2.01. The molecule has 1 saturated heterocycles. The Kier molecular flexibility index (Phi) is 3.54. The molecule has 0 aromatic heterocycles. The van der Waals surface area contributed by atoms with Crippen LogP contribution in [0.2, 0.25) is 0 Å². The Hall–Kier alpha value is -2.73. The summed E-state index contributed by atoms with van der Waals surface area (Å²) < 4.78 is 16.3. The second-order valence-corrected chi connectivity index (χ2v) is 5.78. The molecule has 1 amide bonds. The zero-order valence-electron chi connectivity index (χ0n) is 13.3. The number of nitrogens with zero attached hydrogens (tertiary/aromatic N) is 1. The summed E-state index contributed by atoms with van der Waals surface area (Å²) >= 11 is 0. The van der Waals surface area contributed by atoms with Gasteiger partial charge in [-0.25, -0.2) is 0 Å². The highest BCUT2D eigenvalue weighted by Gasteiger charge is 2.46. The zero-order valence-corrected chi connectivity index (χ0v) is 13.3. The molecule has 2 aliphatic heterocycles. The van der Waals surface area contributed by atoms with Crippen LogP contribution in [0.5, 0.6) is 17.2 Å². The first kappa shape index (κ1) is 14.8. The number of amides is 1. The molecule has 2 aliphatic rings. The van der Waals surface area contributed by atoms with Crippen molar-refractivity contribution in [1.29, 1.82) is 0 Å². The summed E-state index contributed by atoms with van der Waals surface area (Å²) in [6.07, 6.45) is 0. The largest absolute Gasteiger partial charge is 0.497 e. The van der Waals surface area contributed by atoms with E-state index >= 15 is 0 Å². The van der Waals surface area contributed by atoms with Gasteiger partial charge in [0.25, 0.3) is 0 Å². The molecule has 0 radical (unpaired) electrons. The maximum Gasteiger partial charge on any atom is 0.247 e. The lowest BCUT2D eigenvalue weighted by Gasteiger charge is -2.45. The molecule has 1 fully saturated rings. The van der Waals surface area contributed by atoms with Gasteiger partial charge >= 0.3 is 0 Å². The number of carbonyl (C=O) groups is 1. The van der Waals surface area contributed by atoms with Crippen LogP contribution in [0, 0.1) is 0 Å². The SMILES string of the molecule is COc1ccc([C@@H]2[C@H](N)C(=O)N2c2ccc3c(c2)OCCO3)cc1. The minimum atomic E-state index is -0.549. The van der Waals surface area contributed by atoms with Crippen molar-refractivity contribution in [3.05, 3.63) is 48.0 Å². The molecular weight excluding hydrogens is 308 g/mol. The van der Waals surface area contributed by atoms with Gasteiger partial charge in [-0.05, 0) is 29.8 Å². The molecule has 2 aromatic rings. The molecule has 0 unspecified atom stereocenters. The molecule has 6 heteroatoms. The number of fused-ring (bicyclic) bond motifs is 1. The monoisotopic (exact) mass is 326 g/mol. The Morgan fingerprint density at radius 2 is 1.79 bits per heavy atom. The minimum Gasteiger partial charge on any atom is -0.497 e. The van der Waals surface area contributed by atoms with Gasteiger partial charge < -0.3 is 24.8 Å². The average Bonchev–Trinajstić information content (AvgIpc) is 2.65. The Morgan fingerprint density at radius 1 is 1.08 bits per heavy atom. The number of ether oxygens (including phenoxy) is 3. The van der Waals surface area contributed by atoms with Crippen molar-refractivity contribution in [1.82, 2.24) is 0 Å². The number of β-lactam (4-membered cyclic amide) rings is 1. The fourth-order valence-electron chi connectivity index (χ4n) is 3.14. The number of rotatable bonds is 3. The lowest BCUT2D eigenvalue weighted by atomic mass is 9.88. The van der Waals surface area contributed by atoms with Crippen molar-refractivity contribution in [2.24, 2.45) is 5.73 Å². The third-order valence-corrected chi connectivity index (χ3v) is 4.40. The van der Waals surface area contributed by atoms with Gasteiger partial charge in [-0.15, -0.1) is 0 Å². The normalized spacial score (nSPS) is 22.1. The Bertz CT molecular complexity index is 775. The minimum absolute atomic E-state index is 0.104. The van der Waals surface area contributed by atoms with Crippen molar-refractivity contribution >= 4 is 11.6 Å². The molecule has 2 heterocycles. The topological polar surface area (TPSA) is 74.0 Å². The fraction of sp³-hybridized carbons (Fsp3) is 0.278. The van der Waals surface area contributed by atoms with E-state index in [0.29, 0.717) is 24.7 Å². The van der Waals surface area contributed by atoms with Gasteiger partial charge in [0.05, 0.1) is 13.2 Å². The lowest BCUT2D eigenvalue weighted by Crippen LogP contribution is -2.63. The van der Waals surface area contributed by atoms with Crippen LogP contribution in [0.1, 0.15) is 11.6 Å². The van der Waals surface area contributed by atoms with Gasteiger partial charge in [0.2, 0.25) is 5.91 Å². The molecule has 6 nitrogen and oxygen atoms in total. The van der Waals surface area contributed by atoms with Crippen LogP contribution in [0.25, 0.3) is 0 Å². The summed E-state index contributed by atoms with van der Waals surface area (Å²) in [7, 11) is 1.62. The summed E-state index contributed by atoms with van der Waals surface area (Å²) in [4.78, 5) is 14.0. The predicted molar refractivity (Wildman–Crippen MR) is 88.6 cm³/mol. The quantitative estimate of drug-likeness (QED) is 0.872. The van der Waals surface area contributed by atoms with E-state index in [-0.39, 0.29) is 11.9 Å². The van der Waals surface area contributed by atoms with E-state index in [1.54, 1.807) is 12.0 Å². The zero-order chi connectivity index (χ0) is 16.7. The van der Waals surface area contributed by atoms with Gasteiger partial charge in [-0.3, -0.25) is 4.79 Å². The van der Waals surface area contributed by atoms with E-state index in [4.69, 9.17) is 19.9 Å². The van der Waals surface area contributed by atoms with E-state index < -0.39 is 6.04 Å². The first-order valence-electron chi connectivity index (χ1n) is 7.81. The van der Waals surface area contributed by atoms with Crippen molar-refractivity contribution in [3.63, 3.8) is 0 Å². The summed E-state index contributed by atoms with van der Waals surface area (Å²) in [5, 5.41) is 0. The van der Waals surface area contributed by atoms with Crippen LogP contribution in [0.4, 0.5) is 5.69 Å². The van der Waals surface area contributed by atoms with Gasteiger partial charge in [-0.2, -0.15) is 0 Å². The van der Waals surface area contributed by atoms with E-state index in [2.05, 4.69) is 0 Å². The Balaban J connectivity index is 1.66. The lowest BCUT2D eigenvalue weighted by molar-refractivity contribution is -0.126. The molecule has 0 aliphatic carbocycles. The molecule has 24 heavy (non-hydrogen) atoms. The van der Waals surface area contributed by atoms with Crippen LogP contribution in [0.3, 0.4) is 0 Å². The molecule has 2 aromatic carbocycles. The molecule has 2 atom stereocenters. The van der Waals surface area contributed by atoms with E-state index in [1.165, 1.54) is 0 Å².